The van der Waals surface area contributed by atoms with E-state index in [1.807, 2.05) is 0 Å². The quantitative estimate of drug-likeness (QED) is 0.623. The van der Waals surface area contributed by atoms with Crippen LogP contribution in [0.25, 0.3) is 0 Å². The Kier molecular flexibility index (Phi) is 3.42. The molecule has 0 atom stereocenters. The summed E-state index contributed by atoms with van der Waals surface area (Å²) in [5.41, 5.74) is 1.26. The average molecular weight is 248 g/mol. The minimum Gasteiger partial charge on any atom is -0.497 e. The second-order valence-corrected chi connectivity index (χ2v) is 3.57. The third kappa shape index (κ3) is 2.57. The number of anilines is 1. The van der Waals surface area contributed by atoms with Crippen LogP contribution in [0.4, 0.5) is 11.4 Å². The summed E-state index contributed by atoms with van der Waals surface area (Å²) in [6.07, 6.45) is 3.20. The molecule has 7 nitrogen and oxygen atoms in total. The maximum Gasteiger partial charge on any atom is 0.292 e. The van der Waals surface area contributed by atoms with Gasteiger partial charge in [0.1, 0.15) is 11.4 Å². The van der Waals surface area contributed by atoms with E-state index in [1.54, 1.807) is 24.7 Å². The van der Waals surface area contributed by atoms with Crippen molar-refractivity contribution in [1.29, 1.82) is 0 Å². The third-order valence-electron chi connectivity index (χ3n) is 2.42. The van der Waals surface area contributed by atoms with Crippen LogP contribution in [-0.4, -0.2) is 22.0 Å². The summed E-state index contributed by atoms with van der Waals surface area (Å²) in [5.74, 6) is 0.563. The van der Waals surface area contributed by atoms with Crippen LogP contribution in [-0.2, 0) is 6.54 Å². The molecule has 0 radical (unpaired) electrons. The Hall–Kier alpha value is -2.57. The Morgan fingerprint density at radius 1 is 1.56 bits per heavy atom. The largest absolute Gasteiger partial charge is 0.497 e. The smallest absolute Gasteiger partial charge is 0.292 e. The fourth-order valence-corrected chi connectivity index (χ4v) is 1.51. The molecule has 1 heterocycles. The molecular formula is C11H12N4O3. The van der Waals surface area contributed by atoms with Gasteiger partial charge in [-0.15, -0.1) is 0 Å². The molecule has 0 spiro atoms. The second-order valence-electron chi connectivity index (χ2n) is 3.57. The normalized spacial score (nSPS) is 10.1. The zero-order chi connectivity index (χ0) is 13.0. The van der Waals surface area contributed by atoms with Crippen molar-refractivity contribution in [3.8, 4) is 5.75 Å². The molecule has 0 amide bonds. The molecule has 0 saturated heterocycles. The molecule has 0 saturated carbocycles. The minimum absolute atomic E-state index is 0.00955. The van der Waals surface area contributed by atoms with Crippen LogP contribution < -0.4 is 10.1 Å². The SMILES string of the molecule is COc1ccc([N+](=O)[O-])c(NCc2cnc[nH]2)c1. The van der Waals surface area contributed by atoms with E-state index in [1.165, 1.54) is 13.2 Å². The summed E-state index contributed by atoms with van der Waals surface area (Å²) in [4.78, 5) is 17.2. The molecule has 1 aromatic heterocycles. The predicted molar refractivity (Wildman–Crippen MR) is 65.6 cm³/mol. The van der Waals surface area contributed by atoms with E-state index >= 15 is 0 Å². The monoisotopic (exact) mass is 248 g/mol. The van der Waals surface area contributed by atoms with Gasteiger partial charge in [0.05, 0.1) is 30.6 Å². The van der Waals surface area contributed by atoms with Gasteiger partial charge in [0.25, 0.3) is 5.69 Å². The topological polar surface area (TPSA) is 93.1 Å². The van der Waals surface area contributed by atoms with Gasteiger partial charge in [-0.3, -0.25) is 10.1 Å². The summed E-state index contributed by atoms with van der Waals surface area (Å²) in [5, 5.41) is 13.9. The zero-order valence-electron chi connectivity index (χ0n) is 9.71. The summed E-state index contributed by atoms with van der Waals surface area (Å²) in [6.45, 7) is 0.425. The van der Waals surface area contributed by atoms with Gasteiger partial charge in [-0.1, -0.05) is 0 Å². The molecule has 2 aromatic rings. The van der Waals surface area contributed by atoms with Crippen molar-refractivity contribution in [2.24, 2.45) is 0 Å². The first-order valence-corrected chi connectivity index (χ1v) is 5.24. The fourth-order valence-electron chi connectivity index (χ4n) is 1.51. The maximum absolute atomic E-state index is 10.9. The molecule has 0 aliphatic carbocycles. The maximum atomic E-state index is 10.9. The lowest BCUT2D eigenvalue weighted by Gasteiger charge is -2.07. The fraction of sp³-hybridized carbons (Fsp3) is 0.182. The first-order valence-electron chi connectivity index (χ1n) is 5.24. The van der Waals surface area contributed by atoms with Crippen LogP contribution in [0.1, 0.15) is 5.69 Å². The molecule has 0 unspecified atom stereocenters. The minimum atomic E-state index is -0.436. The average Bonchev–Trinajstić information content (AvgIpc) is 2.88. The first-order chi connectivity index (χ1) is 8.70. The summed E-state index contributed by atoms with van der Waals surface area (Å²) in [6, 6.07) is 4.56. The van der Waals surface area contributed by atoms with Crippen LogP contribution in [0.2, 0.25) is 0 Å². The molecular weight excluding hydrogens is 236 g/mol. The van der Waals surface area contributed by atoms with Crippen molar-refractivity contribution in [1.82, 2.24) is 9.97 Å². The van der Waals surface area contributed by atoms with E-state index in [-0.39, 0.29) is 5.69 Å². The lowest BCUT2D eigenvalue weighted by atomic mass is 10.2. The highest BCUT2D eigenvalue weighted by Gasteiger charge is 2.14. The van der Waals surface area contributed by atoms with Gasteiger partial charge >= 0.3 is 0 Å². The van der Waals surface area contributed by atoms with Crippen molar-refractivity contribution in [2.75, 3.05) is 12.4 Å². The Balaban J connectivity index is 2.20. The highest BCUT2D eigenvalue weighted by molar-refractivity contribution is 5.64. The highest BCUT2D eigenvalue weighted by Crippen LogP contribution is 2.28. The van der Waals surface area contributed by atoms with Crippen LogP contribution in [0.3, 0.4) is 0 Å². The van der Waals surface area contributed by atoms with Gasteiger partial charge in [-0.25, -0.2) is 4.98 Å². The van der Waals surface area contributed by atoms with Crippen molar-refractivity contribution >= 4 is 11.4 Å². The molecule has 18 heavy (non-hydrogen) atoms. The Labute approximate surface area is 103 Å². The molecule has 0 fully saturated rings. The number of hydrogen-bond acceptors (Lipinski definition) is 5. The Bertz CT molecular complexity index is 539. The number of rotatable bonds is 5. The standard InChI is InChI=1S/C11H12N4O3/c1-18-9-2-3-11(15(16)17)10(4-9)13-6-8-5-12-7-14-8/h2-5,7,13H,6H2,1H3,(H,12,14). The molecule has 2 N–H and O–H groups in total. The second kappa shape index (κ2) is 5.17. The number of ether oxygens (including phenoxy) is 1. The molecule has 94 valence electrons. The summed E-state index contributed by atoms with van der Waals surface area (Å²) < 4.78 is 5.04. The van der Waals surface area contributed by atoms with Gasteiger partial charge in [0.2, 0.25) is 0 Å². The van der Waals surface area contributed by atoms with E-state index in [0.29, 0.717) is 18.0 Å². The van der Waals surface area contributed by atoms with Crippen LogP contribution in [0.15, 0.2) is 30.7 Å². The number of benzene rings is 1. The first kappa shape index (κ1) is 11.9. The molecule has 0 bridgehead atoms. The number of methoxy groups -OCH3 is 1. The van der Waals surface area contributed by atoms with E-state index in [0.717, 1.165) is 5.69 Å². The Morgan fingerprint density at radius 2 is 2.39 bits per heavy atom. The molecule has 0 aliphatic rings. The van der Waals surface area contributed by atoms with Gasteiger partial charge < -0.3 is 15.0 Å². The molecule has 1 aromatic carbocycles. The van der Waals surface area contributed by atoms with Crippen molar-refractivity contribution in [2.45, 2.75) is 6.54 Å². The number of nitrogens with one attached hydrogen (secondary N) is 2. The van der Waals surface area contributed by atoms with E-state index in [2.05, 4.69) is 15.3 Å². The van der Waals surface area contributed by atoms with E-state index in [9.17, 15) is 10.1 Å². The van der Waals surface area contributed by atoms with Gasteiger partial charge in [-0.2, -0.15) is 0 Å². The number of hydrogen-bond donors (Lipinski definition) is 2. The molecule has 0 aliphatic heterocycles. The van der Waals surface area contributed by atoms with Crippen molar-refractivity contribution in [3.63, 3.8) is 0 Å². The van der Waals surface area contributed by atoms with Gasteiger partial charge in [-0.05, 0) is 6.07 Å². The van der Waals surface area contributed by atoms with Gasteiger partial charge in [0, 0.05) is 18.3 Å². The highest BCUT2D eigenvalue weighted by atomic mass is 16.6. The Morgan fingerprint density at radius 3 is 3.00 bits per heavy atom. The van der Waals surface area contributed by atoms with Crippen LogP contribution in [0.5, 0.6) is 5.75 Å². The lowest BCUT2D eigenvalue weighted by Crippen LogP contribution is -2.03. The number of nitrogens with zero attached hydrogens (tertiary/aromatic N) is 2. The molecule has 2 rings (SSSR count). The number of nitro groups is 1. The van der Waals surface area contributed by atoms with E-state index < -0.39 is 4.92 Å². The van der Waals surface area contributed by atoms with Crippen LogP contribution >= 0.6 is 0 Å². The van der Waals surface area contributed by atoms with E-state index in [4.69, 9.17) is 4.74 Å². The third-order valence-corrected chi connectivity index (χ3v) is 2.42. The van der Waals surface area contributed by atoms with Crippen molar-refractivity contribution in [3.05, 3.63) is 46.5 Å². The van der Waals surface area contributed by atoms with Crippen molar-refractivity contribution < 1.29 is 9.66 Å². The van der Waals surface area contributed by atoms with Gasteiger partial charge in [0.15, 0.2) is 0 Å². The predicted octanol–water partition coefficient (Wildman–Crippen LogP) is 1.94. The number of H-pyrrole nitrogens is 1. The summed E-state index contributed by atoms with van der Waals surface area (Å²) in [7, 11) is 1.51. The number of nitro benzene ring substituents is 1. The summed E-state index contributed by atoms with van der Waals surface area (Å²) >= 11 is 0. The van der Waals surface area contributed by atoms with Crippen LogP contribution in [0, 0.1) is 10.1 Å². The number of aromatic nitrogens is 2. The number of aromatic amines is 1. The zero-order valence-corrected chi connectivity index (χ0v) is 9.71. The number of imidazole rings is 1. The molecule has 7 heteroatoms. The lowest BCUT2D eigenvalue weighted by molar-refractivity contribution is -0.384.